The second kappa shape index (κ2) is 6.31. The Balaban J connectivity index is 2.79. The molecule has 0 aliphatic heterocycles. The van der Waals surface area contributed by atoms with Gasteiger partial charge < -0.3 is 4.57 Å². The Bertz CT molecular complexity index is 442. The van der Waals surface area contributed by atoms with Crippen LogP contribution < -0.4 is 5.56 Å². The first-order chi connectivity index (χ1) is 8.34. The van der Waals surface area contributed by atoms with Crippen molar-refractivity contribution in [3.05, 3.63) is 34.2 Å². The number of hydrogen-bond donors (Lipinski definition) is 1. The van der Waals surface area contributed by atoms with Crippen molar-refractivity contribution in [3.63, 3.8) is 0 Å². The Kier molecular flexibility index (Phi) is 5.31. The first-order valence-electron chi connectivity index (χ1n) is 5.73. The fraction of sp³-hybridized carbons (Fsp3) is 0.583. The zero-order valence-corrected chi connectivity index (χ0v) is 11.0. The smallest absolute Gasteiger partial charge is 0.315 e. The Labute approximate surface area is 109 Å². The average Bonchev–Trinajstić information content (AvgIpc) is 2.26. The SMILES string of the molecule is CC(CCS)CCn1cc(C(F)(F)F)ccc1=O. The van der Waals surface area contributed by atoms with Crippen LogP contribution >= 0.6 is 12.6 Å². The summed E-state index contributed by atoms with van der Waals surface area (Å²) in [4.78, 5) is 11.4. The van der Waals surface area contributed by atoms with Gasteiger partial charge in [-0.3, -0.25) is 4.79 Å². The van der Waals surface area contributed by atoms with Gasteiger partial charge in [-0.2, -0.15) is 25.8 Å². The lowest BCUT2D eigenvalue weighted by Crippen LogP contribution is -2.22. The van der Waals surface area contributed by atoms with Crippen molar-refractivity contribution < 1.29 is 13.2 Å². The van der Waals surface area contributed by atoms with E-state index < -0.39 is 17.3 Å². The molecule has 18 heavy (non-hydrogen) atoms. The maximum Gasteiger partial charge on any atom is 0.417 e. The largest absolute Gasteiger partial charge is 0.417 e. The molecule has 0 amide bonds. The minimum absolute atomic E-state index is 0.303. The van der Waals surface area contributed by atoms with Crippen molar-refractivity contribution in [2.24, 2.45) is 5.92 Å². The Hall–Kier alpha value is -0.910. The number of thiol groups is 1. The number of halogens is 3. The van der Waals surface area contributed by atoms with Crippen LogP contribution in [-0.4, -0.2) is 10.3 Å². The first-order valence-corrected chi connectivity index (χ1v) is 6.36. The fourth-order valence-corrected chi connectivity index (χ4v) is 2.04. The van der Waals surface area contributed by atoms with Crippen molar-refractivity contribution in [2.45, 2.75) is 32.5 Å². The molecule has 0 radical (unpaired) electrons. The van der Waals surface area contributed by atoms with Crippen LogP contribution in [0.4, 0.5) is 13.2 Å². The Morgan fingerprint density at radius 1 is 1.33 bits per heavy atom. The molecule has 0 saturated heterocycles. The zero-order chi connectivity index (χ0) is 13.8. The lowest BCUT2D eigenvalue weighted by atomic mass is 10.1. The van der Waals surface area contributed by atoms with E-state index in [0.29, 0.717) is 18.9 Å². The van der Waals surface area contributed by atoms with Gasteiger partial charge in [0.05, 0.1) is 5.56 Å². The summed E-state index contributed by atoms with van der Waals surface area (Å²) in [6.45, 7) is 2.30. The van der Waals surface area contributed by atoms with Gasteiger partial charge in [0.1, 0.15) is 0 Å². The first kappa shape index (κ1) is 15.1. The van der Waals surface area contributed by atoms with E-state index >= 15 is 0 Å². The van der Waals surface area contributed by atoms with Gasteiger partial charge in [-0.15, -0.1) is 0 Å². The number of rotatable bonds is 5. The van der Waals surface area contributed by atoms with Crippen molar-refractivity contribution in [1.82, 2.24) is 4.57 Å². The Morgan fingerprint density at radius 3 is 2.56 bits per heavy atom. The standard InChI is InChI=1S/C12H16F3NOS/c1-9(5-7-18)4-6-16-8-10(12(13,14)15)2-3-11(16)17/h2-3,8-9,18H,4-7H2,1H3. The summed E-state index contributed by atoms with van der Waals surface area (Å²) < 4.78 is 38.6. The summed E-state index contributed by atoms with van der Waals surface area (Å²) in [5.41, 5.74) is -1.19. The molecule has 0 aliphatic rings. The highest BCUT2D eigenvalue weighted by Crippen LogP contribution is 2.28. The second-order valence-corrected chi connectivity index (χ2v) is 4.80. The molecule has 1 atom stereocenters. The summed E-state index contributed by atoms with van der Waals surface area (Å²) in [5, 5.41) is 0. The second-order valence-electron chi connectivity index (χ2n) is 4.35. The van der Waals surface area contributed by atoms with Crippen molar-refractivity contribution in [3.8, 4) is 0 Å². The normalized spacial score (nSPS) is 13.6. The van der Waals surface area contributed by atoms with Gasteiger partial charge in [0.25, 0.3) is 5.56 Å². The average molecular weight is 279 g/mol. The lowest BCUT2D eigenvalue weighted by Gasteiger charge is -2.13. The van der Waals surface area contributed by atoms with Gasteiger partial charge in [-0.25, -0.2) is 0 Å². The summed E-state index contributed by atoms with van der Waals surface area (Å²) in [5.74, 6) is 1.07. The maximum atomic E-state index is 12.5. The van der Waals surface area contributed by atoms with E-state index in [1.165, 1.54) is 0 Å². The lowest BCUT2D eigenvalue weighted by molar-refractivity contribution is -0.138. The molecule has 0 spiro atoms. The number of alkyl halides is 3. The van der Waals surface area contributed by atoms with Gasteiger partial charge in [-0.1, -0.05) is 6.92 Å². The highest BCUT2D eigenvalue weighted by molar-refractivity contribution is 7.80. The number of aryl methyl sites for hydroxylation is 1. The van der Waals surface area contributed by atoms with Crippen LogP contribution in [0.1, 0.15) is 25.3 Å². The summed E-state index contributed by atoms with van der Waals surface area (Å²) in [6.07, 6.45) is -1.97. The third-order valence-electron chi connectivity index (χ3n) is 2.80. The Morgan fingerprint density at radius 2 is 2.00 bits per heavy atom. The van der Waals surface area contributed by atoms with Gasteiger partial charge in [0, 0.05) is 18.8 Å². The van der Waals surface area contributed by atoms with Gasteiger partial charge in [0.2, 0.25) is 0 Å². The molecular weight excluding hydrogens is 263 g/mol. The molecule has 1 unspecified atom stereocenters. The van der Waals surface area contributed by atoms with Crippen LogP contribution in [0.2, 0.25) is 0 Å². The molecule has 102 valence electrons. The molecule has 1 rings (SSSR count). The molecule has 0 fully saturated rings. The van der Waals surface area contributed by atoms with E-state index in [4.69, 9.17) is 0 Å². The van der Waals surface area contributed by atoms with Crippen LogP contribution in [0.5, 0.6) is 0 Å². The van der Waals surface area contributed by atoms with Crippen LogP contribution in [0.25, 0.3) is 0 Å². The number of aromatic nitrogens is 1. The van der Waals surface area contributed by atoms with Crippen LogP contribution in [0.3, 0.4) is 0 Å². The molecule has 6 heteroatoms. The highest BCUT2D eigenvalue weighted by Gasteiger charge is 2.30. The quantitative estimate of drug-likeness (QED) is 0.821. The zero-order valence-electron chi connectivity index (χ0n) is 10.1. The molecule has 0 N–H and O–H groups in total. The van der Waals surface area contributed by atoms with Crippen LogP contribution in [-0.2, 0) is 12.7 Å². The molecule has 0 bridgehead atoms. The summed E-state index contributed by atoms with van der Waals surface area (Å²) >= 11 is 4.10. The van der Waals surface area contributed by atoms with Gasteiger partial charge >= 0.3 is 6.18 Å². The number of nitrogens with zero attached hydrogens (tertiary/aromatic N) is 1. The van der Waals surface area contributed by atoms with Crippen LogP contribution in [0.15, 0.2) is 23.1 Å². The van der Waals surface area contributed by atoms with E-state index in [0.717, 1.165) is 35.1 Å². The molecule has 1 aromatic rings. The minimum atomic E-state index is -4.41. The molecule has 0 saturated carbocycles. The summed E-state index contributed by atoms with van der Waals surface area (Å²) in [6, 6.07) is 1.78. The minimum Gasteiger partial charge on any atom is -0.315 e. The number of pyridine rings is 1. The van der Waals surface area contributed by atoms with Crippen LogP contribution in [0, 0.1) is 5.92 Å². The van der Waals surface area contributed by atoms with E-state index in [2.05, 4.69) is 12.6 Å². The third-order valence-corrected chi connectivity index (χ3v) is 3.05. The monoisotopic (exact) mass is 279 g/mol. The molecule has 0 aromatic carbocycles. The molecule has 2 nitrogen and oxygen atoms in total. The molecule has 0 aliphatic carbocycles. The topological polar surface area (TPSA) is 22.0 Å². The predicted octanol–water partition coefficient (Wildman–Crippen LogP) is 3.21. The summed E-state index contributed by atoms with van der Waals surface area (Å²) in [7, 11) is 0. The molecule has 1 heterocycles. The fourth-order valence-electron chi connectivity index (χ4n) is 1.60. The van der Waals surface area contributed by atoms with Crippen molar-refractivity contribution in [1.29, 1.82) is 0 Å². The van der Waals surface area contributed by atoms with E-state index in [1.807, 2.05) is 6.92 Å². The highest BCUT2D eigenvalue weighted by atomic mass is 32.1. The molecular formula is C12H16F3NOS. The third kappa shape index (κ3) is 4.40. The maximum absolute atomic E-state index is 12.5. The van der Waals surface area contributed by atoms with E-state index in [-0.39, 0.29) is 0 Å². The van der Waals surface area contributed by atoms with Crippen molar-refractivity contribution in [2.75, 3.05) is 5.75 Å². The molecule has 1 aromatic heterocycles. The van der Waals surface area contributed by atoms with Gasteiger partial charge in [0.15, 0.2) is 0 Å². The number of hydrogen-bond acceptors (Lipinski definition) is 2. The predicted molar refractivity (Wildman–Crippen MR) is 68.0 cm³/mol. The van der Waals surface area contributed by atoms with E-state index in [1.54, 1.807) is 0 Å². The van der Waals surface area contributed by atoms with E-state index in [9.17, 15) is 18.0 Å². The van der Waals surface area contributed by atoms with Crippen molar-refractivity contribution >= 4 is 12.6 Å². The van der Waals surface area contributed by atoms with Gasteiger partial charge in [-0.05, 0) is 30.6 Å².